The van der Waals surface area contributed by atoms with Crippen LogP contribution >= 0.6 is 0 Å². The number of benzene rings is 1. The fraction of sp³-hybridized carbons (Fsp3) is 0.273. The van der Waals surface area contributed by atoms with Gasteiger partial charge in [0, 0.05) is 18.4 Å². The predicted octanol–water partition coefficient (Wildman–Crippen LogP) is 0.920. The van der Waals surface area contributed by atoms with Crippen molar-refractivity contribution in [3.63, 3.8) is 0 Å². The quantitative estimate of drug-likeness (QED) is 0.739. The largest absolute Gasteiger partial charge is 0.274 e. The molecule has 2 amide bonds. The number of aryl methyl sites for hydroxylation is 1. The van der Waals surface area contributed by atoms with Gasteiger partial charge in [-0.15, -0.1) is 0 Å². The van der Waals surface area contributed by atoms with Crippen LogP contribution in [0.25, 0.3) is 11.0 Å². The summed E-state index contributed by atoms with van der Waals surface area (Å²) < 4.78 is 0. The first-order chi connectivity index (χ1) is 8.18. The molecule has 2 heterocycles. The van der Waals surface area contributed by atoms with Crippen molar-refractivity contribution in [2.75, 3.05) is 4.90 Å². The Balaban J connectivity index is 2.20. The molecule has 86 valence electrons. The molecule has 1 N–H and O–H groups in total. The van der Waals surface area contributed by atoms with Gasteiger partial charge in [-0.3, -0.25) is 14.5 Å². The molecular weight excluding hydrogens is 220 g/mol. The van der Waals surface area contributed by atoms with Crippen LogP contribution in [0.1, 0.15) is 18.4 Å². The van der Waals surface area contributed by atoms with Crippen molar-refractivity contribution in [1.29, 1.82) is 0 Å². The van der Waals surface area contributed by atoms with E-state index in [1.54, 1.807) is 12.1 Å². The molecule has 6 nitrogen and oxygen atoms in total. The lowest BCUT2D eigenvalue weighted by atomic mass is 10.1. The third-order valence-electron chi connectivity index (χ3n) is 3.01. The topological polar surface area (TPSA) is 79.0 Å². The smallest absolute Gasteiger partial charge is 0.234 e. The van der Waals surface area contributed by atoms with Crippen molar-refractivity contribution < 1.29 is 9.59 Å². The number of carbonyl (C=O) groups is 2. The molecule has 1 aliphatic rings. The van der Waals surface area contributed by atoms with Crippen LogP contribution in [0.2, 0.25) is 0 Å². The van der Waals surface area contributed by atoms with Gasteiger partial charge in [-0.05, 0) is 19.1 Å². The third kappa shape index (κ3) is 1.33. The number of fused-ring (bicyclic) bond motifs is 1. The number of aromatic nitrogens is 3. The Bertz CT molecular complexity index is 615. The SMILES string of the molecule is Cc1c(N2C(=O)CCC2=O)ccc2n[nH]nc12. The summed E-state index contributed by atoms with van der Waals surface area (Å²) in [5, 5.41) is 10.5. The maximum atomic E-state index is 11.7. The van der Waals surface area contributed by atoms with Crippen LogP contribution in [0.5, 0.6) is 0 Å². The molecule has 1 aliphatic heterocycles. The zero-order valence-corrected chi connectivity index (χ0v) is 9.23. The molecule has 2 aromatic rings. The zero-order chi connectivity index (χ0) is 12.0. The first-order valence-corrected chi connectivity index (χ1v) is 5.34. The van der Waals surface area contributed by atoms with Gasteiger partial charge in [0.15, 0.2) is 0 Å². The summed E-state index contributed by atoms with van der Waals surface area (Å²) in [5.74, 6) is -0.304. The Morgan fingerprint density at radius 2 is 1.88 bits per heavy atom. The Labute approximate surface area is 96.6 Å². The molecule has 0 radical (unpaired) electrons. The van der Waals surface area contributed by atoms with Crippen molar-refractivity contribution in [2.45, 2.75) is 19.8 Å². The van der Waals surface area contributed by atoms with Gasteiger partial charge in [-0.1, -0.05) is 0 Å². The van der Waals surface area contributed by atoms with Crippen molar-refractivity contribution >= 4 is 28.5 Å². The van der Waals surface area contributed by atoms with Crippen molar-refractivity contribution in [3.05, 3.63) is 17.7 Å². The number of rotatable bonds is 1. The number of nitrogens with one attached hydrogen (secondary N) is 1. The van der Waals surface area contributed by atoms with Gasteiger partial charge in [0.25, 0.3) is 0 Å². The lowest BCUT2D eigenvalue weighted by Gasteiger charge is -2.16. The van der Waals surface area contributed by atoms with Gasteiger partial charge in [0.2, 0.25) is 11.8 Å². The average molecular weight is 230 g/mol. The normalized spacial score (nSPS) is 16.2. The molecule has 0 atom stereocenters. The van der Waals surface area contributed by atoms with Crippen molar-refractivity contribution in [1.82, 2.24) is 15.4 Å². The van der Waals surface area contributed by atoms with E-state index < -0.39 is 0 Å². The third-order valence-corrected chi connectivity index (χ3v) is 3.01. The molecule has 0 spiro atoms. The lowest BCUT2D eigenvalue weighted by molar-refractivity contribution is -0.121. The lowest BCUT2D eigenvalue weighted by Crippen LogP contribution is -2.29. The fourth-order valence-corrected chi connectivity index (χ4v) is 2.12. The highest BCUT2D eigenvalue weighted by Crippen LogP contribution is 2.29. The Hall–Kier alpha value is -2.24. The molecule has 0 saturated carbocycles. The minimum absolute atomic E-state index is 0.152. The van der Waals surface area contributed by atoms with Gasteiger partial charge in [0.05, 0.1) is 5.69 Å². The number of nitrogens with zero attached hydrogens (tertiary/aromatic N) is 3. The van der Waals surface area contributed by atoms with E-state index in [4.69, 9.17) is 0 Å². The predicted molar refractivity (Wildman–Crippen MR) is 60.4 cm³/mol. The number of hydrogen-bond donors (Lipinski definition) is 1. The zero-order valence-electron chi connectivity index (χ0n) is 9.23. The second kappa shape index (κ2) is 3.38. The molecule has 1 saturated heterocycles. The molecule has 17 heavy (non-hydrogen) atoms. The van der Waals surface area contributed by atoms with Crippen LogP contribution < -0.4 is 4.90 Å². The van der Waals surface area contributed by atoms with Crippen LogP contribution in [0, 0.1) is 6.92 Å². The number of imide groups is 1. The van der Waals surface area contributed by atoms with Gasteiger partial charge in [-0.25, -0.2) is 0 Å². The van der Waals surface area contributed by atoms with E-state index in [1.165, 1.54) is 4.90 Å². The minimum Gasteiger partial charge on any atom is -0.274 e. The van der Waals surface area contributed by atoms with Crippen LogP contribution in [0.4, 0.5) is 5.69 Å². The number of anilines is 1. The summed E-state index contributed by atoms with van der Waals surface area (Å²) in [5.41, 5.74) is 2.82. The highest BCUT2D eigenvalue weighted by Gasteiger charge is 2.31. The average Bonchev–Trinajstić information content (AvgIpc) is 2.89. The molecule has 0 bridgehead atoms. The first-order valence-electron chi connectivity index (χ1n) is 5.34. The van der Waals surface area contributed by atoms with Crippen LogP contribution in [-0.4, -0.2) is 27.2 Å². The van der Waals surface area contributed by atoms with E-state index in [0.717, 1.165) is 11.1 Å². The Morgan fingerprint density at radius 3 is 2.59 bits per heavy atom. The van der Waals surface area contributed by atoms with E-state index in [2.05, 4.69) is 15.4 Å². The van der Waals surface area contributed by atoms with E-state index in [-0.39, 0.29) is 24.7 Å². The van der Waals surface area contributed by atoms with E-state index >= 15 is 0 Å². The molecule has 1 aromatic carbocycles. The molecule has 0 aliphatic carbocycles. The summed E-state index contributed by atoms with van der Waals surface area (Å²) in [6.07, 6.45) is 0.574. The van der Waals surface area contributed by atoms with Crippen molar-refractivity contribution in [3.8, 4) is 0 Å². The van der Waals surface area contributed by atoms with Gasteiger partial charge >= 0.3 is 0 Å². The molecule has 3 rings (SSSR count). The molecule has 1 aromatic heterocycles. The maximum Gasteiger partial charge on any atom is 0.234 e. The van der Waals surface area contributed by atoms with Crippen LogP contribution in [-0.2, 0) is 9.59 Å². The fourth-order valence-electron chi connectivity index (χ4n) is 2.12. The van der Waals surface area contributed by atoms with Crippen LogP contribution in [0.15, 0.2) is 12.1 Å². The van der Waals surface area contributed by atoms with Gasteiger partial charge in [0.1, 0.15) is 11.0 Å². The number of hydrogen-bond acceptors (Lipinski definition) is 4. The van der Waals surface area contributed by atoms with E-state index in [1.807, 2.05) is 6.92 Å². The monoisotopic (exact) mass is 230 g/mol. The molecular formula is C11H10N4O2. The number of carbonyl (C=O) groups excluding carboxylic acids is 2. The number of amides is 2. The summed E-state index contributed by atoms with van der Waals surface area (Å²) in [4.78, 5) is 24.6. The van der Waals surface area contributed by atoms with Crippen molar-refractivity contribution in [2.24, 2.45) is 0 Å². The Morgan fingerprint density at radius 1 is 1.18 bits per heavy atom. The van der Waals surface area contributed by atoms with Crippen LogP contribution in [0.3, 0.4) is 0 Å². The standard InChI is InChI=1S/C11H10N4O2/c1-6-8(15-9(16)4-5-10(15)17)3-2-7-11(6)13-14-12-7/h2-3H,4-5H2,1H3,(H,12,13,14). The first kappa shape index (κ1) is 9.95. The second-order valence-electron chi connectivity index (χ2n) is 4.02. The summed E-state index contributed by atoms with van der Waals surface area (Å²) in [6.45, 7) is 1.83. The summed E-state index contributed by atoms with van der Waals surface area (Å²) in [7, 11) is 0. The second-order valence-corrected chi connectivity index (χ2v) is 4.02. The summed E-state index contributed by atoms with van der Waals surface area (Å²) >= 11 is 0. The summed E-state index contributed by atoms with van der Waals surface area (Å²) in [6, 6.07) is 3.49. The van der Waals surface area contributed by atoms with Gasteiger partial charge in [-0.2, -0.15) is 15.4 Å². The molecule has 6 heteroatoms. The maximum absolute atomic E-state index is 11.7. The Kier molecular flexibility index (Phi) is 1.98. The molecule has 1 fully saturated rings. The van der Waals surface area contributed by atoms with E-state index in [0.29, 0.717) is 11.2 Å². The number of aromatic amines is 1. The van der Waals surface area contributed by atoms with E-state index in [9.17, 15) is 9.59 Å². The number of H-pyrrole nitrogens is 1. The van der Waals surface area contributed by atoms with Gasteiger partial charge < -0.3 is 0 Å². The highest BCUT2D eigenvalue weighted by molar-refractivity contribution is 6.20. The highest BCUT2D eigenvalue weighted by atomic mass is 16.2. The minimum atomic E-state index is -0.152. The molecule has 0 unspecified atom stereocenters.